The molecule has 8 nitrogen and oxygen atoms in total. The molecule has 0 aliphatic carbocycles. The van der Waals surface area contributed by atoms with E-state index in [0.29, 0.717) is 25.2 Å². The maximum absolute atomic E-state index is 12.3. The van der Waals surface area contributed by atoms with Crippen molar-refractivity contribution in [1.82, 2.24) is 19.7 Å². The minimum absolute atomic E-state index is 0.0266. The predicted octanol–water partition coefficient (Wildman–Crippen LogP) is 1.81. The molecule has 0 radical (unpaired) electrons. The number of hydrogen-bond acceptors (Lipinski definition) is 5. The number of rotatable bonds is 5. The zero-order chi connectivity index (χ0) is 18.8. The minimum atomic E-state index is -0.134. The lowest BCUT2D eigenvalue weighted by atomic mass is 9.89. The van der Waals surface area contributed by atoms with Gasteiger partial charge >= 0.3 is 0 Å². The Kier molecular flexibility index (Phi) is 4.89. The number of carbonyl (C=O) groups excluding carboxylic acids is 2. The van der Waals surface area contributed by atoms with Gasteiger partial charge in [-0.15, -0.1) is 0 Å². The van der Waals surface area contributed by atoms with Gasteiger partial charge in [-0.25, -0.2) is 9.67 Å². The Morgan fingerprint density at radius 2 is 2.15 bits per heavy atom. The first-order valence-corrected chi connectivity index (χ1v) is 9.47. The summed E-state index contributed by atoms with van der Waals surface area (Å²) in [4.78, 5) is 31.0. The van der Waals surface area contributed by atoms with Gasteiger partial charge in [0.05, 0.1) is 12.5 Å². The molecule has 2 aromatic rings. The lowest BCUT2D eigenvalue weighted by molar-refractivity contribution is -0.117. The quantitative estimate of drug-likeness (QED) is 0.840. The van der Waals surface area contributed by atoms with Crippen molar-refractivity contribution in [2.24, 2.45) is 0 Å². The number of nitrogens with zero attached hydrogens (tertiary/aromatic N) is 4. The molecule has 0 saturated carbocycles. The van der Waals surface area contributed by atoms with Crippen LogP contribution >= 0.6 is 0 Å². The predicted molar refractivity (Wildman–Crippen MR) is 102 cm³/mol. The fourth-order valence-electron chi connectivity index (χ4n) is 3.90. The van der Waals surface area contributed by atoms with Crippen LogP contribution < -0.4 is 10.6 Å². The van der Waals surface area contributed by atoms with Crippen LogP contribution in [0.2, 0.25) is 0 Å². The van der Waals surface area contributed by atoms with Crippen LogP contribution in [-0.2, 0) is 16.1 Å². The monoisotopic (exact) mass is 368 g/mol. The number of nitrogens with one attached hydrogen (secondary N) is 2. The Morgan fingerprint density at radius 1 is 1.33 bits per heavy atom. The van der Waals surface area contributed by atoms with Crippen LogP contribution in [0.1, 0.15) is 43.5 Å². The lowest BCUT2D eigenvalue weighted by Gasteiger charge is -2.26. The van der Waals surface area contributed by atoms with Crippen molar-refractivity contribution in [3.8, 4) is 0 Å². The molecule has 8 heteroatoms. The summed E-state index contributed by atoms with van der Waals surface area (Å²) >= 11 is 0. The van der Waals surface area contributed by atoms with Gasteiger partial charge in [-0.2, -0.15) is 5.10 Å². The molecule has 1 aromatic carbocycles. The lowest BCUT2D eigenvalue weighted by Crippen LogP contribution is -2.31. The van der Waals surface area contributed by atoms with E-state index in [1.54, 1.807) is 0 Å². The molecule has 4 rings (SSSR count). The molecule has 1 fully saturated rings. The summed E-state index contributed by atoms with van der Waals surface area (Å²) < 4.78 is 1.82. The van der Waals surface area contributed by atoms with E-state index in [9.17, 15) is 9.59 Å². The molecule has 0 unspecified atom stereocenters. The van der Waals surface area contributed by atoms with Crippen LogP contribution in [-0.4, -0.2) is 51.1 Å². The van der Waals surface area contributed by atoms with Gasteiger partial charge in [-0.3, -0.25) is 14.5 Å². The first-order valence-electron chi connectivity index (χ1n) is 9.47. The van der Waals surface area contributed by atoms with Gasteiger partial charge in [-0.05, 0) is 50.6 Å². The van der Waals surface area contributed by atoms with Crippen LogP contribution in [0.4, 0.5) is 11.4 Å². The fourth-order valence-corrected chi connectivity index (χ4v) is 3.90. The average Bonchev–Trinajstić information content (AvgIpc) is 3.31. The van der Waals surface area contributed by atoms with E-state index in [1.165, 1.54) is 6.33 Å². The smallest absolute Gasteiger partial charge is 0.238 e. The maximum Gasteiger partial charge on any atom is 0.238 e. The normalized spacial score (nSPS) is 19.6. The van der Waals surface area contributed by atoms with Crippen LogP contribution in [0.3, 0.4) is 0 Å². The molecule has 0 spiro atoms. The third-order valence-electron chi connectivity index (χ3n) is 5.20. The summed E-state index contributed by atoms with van der Waals surface area (Å²) in [5.41, 5.74) is 2.41. The third-order valence-corrected chi connectivity index (χ3v) is 5.20. The number of aryl methyl sites for hydroxylation is 1. The molecule has 142 valence electrons. The first kappa shape index (κ1) is 17.7. The number of likely N-dealkylation sites (tertiary alicyclic amines) is 1. The molecule has 27 heavy (non-hydrogen) atoms. The van der Waals surface area contributed by atoms with Gasteiger partial charge in [0, 0.05) is 24.3 Å². The number of carbonyl (C=O) groups is 2. The van der Waals surface area contributed by atoms with E-state index in [0.717, 1.165) is 43.0 Å². The molecule has 3 heterocycles. The largest absolute Gasteiger partial charge is 0.326 e. The second-order valence-electron chi connectivity index (χ2n) is 7.07. The van der Waals surface area contributed by atoms with E-state index in [1.807, 2.05) is 29.8 Å². The number of benzene rings is 1. The highest BCUT2D eigenvalue weighted by molar-refractivity contribution is 5.97. The Balaban J connectivity index is 1.54. The standard InChI is InChI=1S/C19H24N6O2/c1-2-25-19(20-12-21-25)15-10-17(26)23-16-9-13(5-6-14(15)16)22-18(27)11-24-7-3-4-8-24/h5-6,9,12,15H,2-4,7-8,10-11H2,1H3,(H,22,27)(H,23,26)/t15-/m1/s1. The highest BCUT2D eigenvalue weighted by atomic mass is 16.2. The SMILES string of the molecule is CCn1ncnc1[C@@H]1CC(=O)Nc2cc(NC(=O)CN3CCCC3)ccc21. The van der Waals surface area contributed by atoms with Gasteiger partial charge < -0.3 is 10.6 Å². The summed E-state index contributed by atoms with van der Waals surface area (Å²) in [5.74, 6) is 0.574. The van der Waals surface area contributed by atoms with Crippen molar-refractivity contribution in [3.05, 3.63) is 35.9 Å². The first-order chi connectivity index (χ1) is 13.1. The third kappa shape index (κ3) is 3.71. The zero-order valence-corrected chi connectivity index (χ0v) is 15.4. The Labute approximate surface area is 158 Å². The molecular weight excluding hydrogens is 344 g/mol. The molecule has 0 bridgehead atoms. The van der Waals surface area contributed by atoms with E-state index in [4.69, 9.17) is 0 Å². The van der Waals surface area contributed by atoms with Crippen LogP contribution in [0.25, 0.3) is 0 Å². The van der Waals surface area contributed by atoms with Gasteiger partial charge in [0.25, 0.3) is 0 Å². The summed E-state index contributed by atoms with van der Waals surface area (Å²) in [5, 5.41) is 10.1. The summed E-state index contributed by atoms with van der Waals surface area (Å²) in [6.45, 7) is 5.07. The highest BCUT2D eigenvalue weighted by Crippen LogP contribution is 2.37. The summed E-state index contributed by atoms with van der Waals surface area (Å²) in [7, 11) is 0. The van der Waals surface area contributed by atoms with Gasteiger partial charge in [0.2, 0.25) is 11.8 Å². The Hall–Kier alpha value is -2.74. The molecule has 2 N–H and O–H groups in total. The Morgan fingerprint density at radius 3 is 2.93 bits per heavy atom. The van der Waals surface area contributed by atoms with Crippen LogP contribution in [0, 0.1) is 0 Å². The second kappa shape index (κ2) is 7.48. The molecule has 2 aliphatic heterocycles. The number of hydrogen-bond donors (Lipinski definition) is 2. The van der Waals surface area contributed by atoms with Crippen LogP contribution in [0.15, 0.2) is 24.5 Å². The van der Waals surface area contributed by atoms with Crippen molar-refractivity contribution in [1.29, 1.82) is 0 Å². The highest BCUT2D eigenvalue weighted by Gasteiger charge is 2.30. The van der Waals surface area contributed by atoms with Gasteiger partial charge in [-0.1, -0.05) is 6.07 Å². The maximum atomic E-state index is 12.3. The molecule has 1 aromatic heterocycles. The van der Waals surface area contributed by atoms with Crippen molar-refractivity contribution in [3.63, 3.8) is 0 Å². The van der Waals surface area contributed by atoms with Gasteiger partial charge in [0.1, 0.15) is 12.2 Å². The number of amides is 2. The fraction of sp³-hybridized carbons (Fsp3) is 0.474. The number of anilines is 2. The number of fused-ring (bicyclic) bond motifs is 1. The van der Waals surface area contributed by atoms with E-state index < -0.39 is 0 Å². The zero-order valence-electron chi connectivity index (χ0n) is 15.4. The molecule has 2 amide bonds. The summed E-state index contributed by atoms with van der Waals surface area (Å²) in [6.07, 6.45) is 4.17. The number of aromatic nitrogens is 3. The van der Waals surface area contributed by atoms with E-state index >= 15 is 0 Å². The van der Waals surface area contributed by atoms with Crippen LogP contribution in [0.5, 0.6) is 0 Å². The molecule has 2 aliphatic rings. The average molecular weight is 368 g/mol. The summed E-state index contributed by atoms with van der Waals surface area (Å²) in [6, 6.07) is 5.67. The van der Waals surface area contributed by atoms with Crippen molar-refractivity contribution in [2.75, 3.05) is 30.3 Å². The second-order valence-corrected chi connectivity index (χ2v) is 7.07. The Bertz CT molecular complexity index is 856. The van der Waals surface area contributed by atoms with Crippen molar-refractivity contribution in [2.45, 2.75) is 38.6 Å². The van der Waals surface area contributed by atoms with E-state index in [2.05, 4.69) is 25.6 Å². The molecular formula is C19H24N6O2. The van der Waals surface area contributed by atoms with E-state index in [-0.39, 0.29) is 17.7 Å². The topological polar surface area (TPSA) is 92.1 Å². The molecule has 1 saturated heterocycles. The van der Waals surface area contributed by atoms with Gasteiger partial charge in [0.15, 0.2) is 0 Å². The van der Waals surface area contributed by atoms with Crippen molar-refractivity contribution < 1.29 is 9.59 Å². The minimum Gasteiger partial charge on any atom is -0.326 e. The molecule has 1 atom stereocenters. The van der Waals surface area contributed by atoms with Crippen molar-refractivity contribution >= 4 is 23.2 Å².